The van der Waals surface area contributed by atoms with E-state index in [4.69, 9.17) is 11.6 Å². The molecular weight excluding hydrogens is 448 g/mol. The van der Waals surface area contributed by atoms with E-state index < -0.39 is 14.8 Å². The maximum atomic E-state index is 13.3. The third kappa shape index (κ3) is 3.15. The van der Waals surface area contributed by atoms with E-state index in [-0.39, 0.29) is 11.6 Å². The van der Waals surface area contributed by atoms with Gasteiger partial charge in [0.15, 0.2) is 0 Å². The number of hydrogen-bond donors (Lipinski definition) is 0. The van der Waals surface area contributed by atoms with Crippen LogP contribution in [0.5, 0.6) is 0 Å². The Balaban J connectivity index is 1.70. The van der Waals surface area contributed by atoms with Crippen LogP contribution in [0.25, 0.3) is 0 Å². The van der Waals surface area contributed by atoms with E-state index in [1.54, 1.807) is 0 Å². The van der Waals surface area contributed by atoms with Gasteiger partial charge in [0.2, 0.25) is 10.0 Å². The van der Waals surface area contributed by atoms with Gasteiger partial charge in [0.25, 0.3) is 0 Å². The fraction of sp³-hybridized carbons (Fsp3) is 0.700. The highest BCUT2D eigenvalue weighted by Gasteiger charge is 2.57. The highest BCUT2D eigenvalue weighted by molar-refractivity contribution is 9.10. The lowest BCUT2D eigenvalue weighted by Crippen LogP contribution is -2.56. The number of benzene rings is 1. The molecule has 0 bridgehead atoms. The third-order valence-electron chi connectivity index (χ3n) is 6.55. The van der Waals surface area contributed by atoms with Gasteiger partial charge in [-0.2, -0.15) is 4.31 Å². The van der Waals surface area contributed by atoms with Crippen LogP contribution in [0.15, 0.2) is 16.6 Å². The predicted octanol–water partition coefficient (Wildman–Crippen LogP) is 4.98. The van der Waals surface area contributed by atoms with E-state index >= 15 is 0 Å². The van der Waals surface area contributed by atoms with Gasteiger partial charge < -0.3 is 4.90 Å². The molecule has 7 heteroatoms. The maximum absolute atomic E-state index is 13.3. The van der Waals surface area contributed by atoms with Crippen molar-refractivity contribution in [3.8, 4) is 0 Å². The van der Waals surface area contributed by atoms with Crippen molar-refractivity contribution in [2.75, 3.05) is 18.0 Å². The Morgan fingerprint density at radius 3 is 2.52 bits per heavy atom. The number of anilines is 1. The fourth-order valence-electron chi connectivity index (χ4n) is 4.97. The van der Waals surface area contributed by atoms with Crippen LogP contribution >= 0.6 is 27.5 Å². The molecule has 0 N–H and O–H groups in total. The third-order valence-corrected chi connectivity index (χ3v) is 10.0. The predicted molar refractivity (Wildman–Crippen MR) is 115 cm³/mol. The number of halogens is 2. The second-order valence-corrected chi connectivity index (χ2v) is 13.2. The number of fused-ring (bicyclic) bond motifs is 1. The lowest BCUT2D eigenvalue weighted by molar-refractivity contribution is 0.125. The van der Waals surface area contributed by atoms with Crippen molar-refractivity contribution in [3.05, 3.63) is 27.2 Å². The van der Waals surface area contributed by atoms with Gasteiger partial charge in [-0.1, -0.05) is 11.6 Å². The summed E-state index contributed by atoms with van der Waals surface area (Å²) in [4.78, 5) is 2.44. The van der Waals surface area contributed by atoms with E-state index in [2.05, 4.69) is 26.9 Å². The topological polar surface area (TPSA) is 40.6 Å². The summed E-state index contributed by atoms with van der Waals surface area (Å²) in [7, 11) is -3.34. The molecule has 2 fully saturated rings. The first-order valence-corrected chi connectivity index (χ1v) is 12.4. The molecule has 2 heterocycles. The van der Waals surface area contributed by atoms with Crippen LogP contribution in [0.2, 0.25) is 5.02 Å². The van der Waals surface area contributed by atoms with E-state index in [0.717, 1.165) is 54.6 Å². The van der Waals surface area contributed by atoms with Gasteiger partial charge in [-0.25, -0.2) is 8.42 Å². The van der Waals surface area contributed by atoms with Crippen LogP contribution in [0, 0.1) is 0 Å². The van der Waals surface area contributed by atoms with Gasteiger partial charge in [-0.15, -0.1) is 0 Å². The van der Waals surface area contributed by atoms with Gasteiger partial charge in [-0.3, -0.25) is 0 Å². The Bertz CT molecular complexity index is 861. The summed E-state index contributed by atoms with van der Waals surface area (Å²) in [5.74, 6) is 0. The maximum Gasteiger partial charge on any atom is 0.219 e. The standard InChI is InChI=1S/C20H28BrClN2O2S/c1-19(2,3)27(25,26)24-13-16(12-20(24)7-5-8-20)23-9-4-6-14-10-15(22)11-17(21)18(14)23/h10-11,16H,4-9,12-13H2,1-3H3. The summed E-state index contributed by atoms with van der Waals surface area (Å²) in [6, 6.07) is 4.24. The van der Waals surface area contributed by atoms with Crippen molar-refractivity contribution in [2.45, 2.75) is 75.6 Å². The number of rotatable bonds is 2. The van der Waals surface area contributed by atoms with Crippen LogP contribution < -0.4 is 4.90 Å². The minimum absolute atomic E-state index is 0.173. The SMILES string of the molecule is CC(C)(C)S(=O)(=O)N1CC(N2CCCc3cc(Cl)cc(Br)c32)CC12CCC2. The normalized spacial score (nSPS) is 25.5. The molecule has 1 saturated carbocycles. The number of nitrogens with zero attached hydrogens (tertiary/aromatic N) is 2. The molecule has 4 rings (SSSR count). The quantitative estimate of drug-likeness (QED) is 0.605. The van der Waals surface area contributed by atoms with E-state index in [1.807, 2.05) is 31.1 Å². The molecule has 1 spiro atoms. The summed E-state index contributed by atoms with van der Waals surface area (Å²) in [5.41, 5.74) is 2.30. The Morgan fingerprint density at radius 1 is 1.22 bits per heavy atom. The molecule has 0 amide bonds. The summed E-state index contributed by atoms with van der Waals surface area (Å²) >= 11 is 9.97. The molecule has 0 aromatic heterocycles. The number of hydrogen-bond acceptors (Lipinski definition) is 3. The first kappa shape index (κ1) is 20.0. The molecule has 1 aliphatic carbocycles. The van der Waals surface area contributed by atoms with Crippen LogP contribution in [0.4, 0.5) is 5.69 Å². The summed E-state index contributed by atoms with van der Waals surface area (Å²) < 4.78 is 28.8. The van der Waals surface area contributed by atoms with Crippen molar-refractivity contribution in [3.63, 3.8) is 0 Å². The first-order valence-electron chi connectivity index (χ1n) is 9.82. The summed E-state index contributed by atoms with van der Waals surface area (Å²) in [6.07, 6.45) is 6.13. The number of aryl methyl sites for hydroxylation is 1. The van der Waals surface area contributed by atoms with E-state index in [1.165, 1.54) is 11.3 Å². The number of sulfonamides is 1. The zero-order valence-electron chi connectivity index (χ0n) is 16.3. The molecule has 2 aliphatic heterocycles. The summed E-state index contributed by atoms with van der Waals surface area (Å²) in [6.45, 7) is 7.01. The van der Waals surface area contributed by atoms with Gasteiger partial charge in [-0.05, 0) is 92.9 Å². The molecule has 1 aromatic rings. The molecule has 27 heavy (non-hydrogen) atoms. The zero-order valence-corrected chi connectivity index (χ0v) is 19.4. The molecule has 1 atom stereocenters. The van der Waals surface area contributed by atoms with Crippen molar-refractivity contribution in [2.24, 2.45) is 0 Å². The van der Waals surface area contributed by atoms with Gasteiger partial charge >= 0.3 is 0 Å². The molecule has 3 aliphatic rings. The molecule has 1 saturated heterocycles. The van der Waals surface area contributed by atoms with E-state index in [9.17, 15) is 8.42 Å². The Kier molecular flexibility index (Phi) is 4.90. The lowest BCUT2D eigenvalue weighted by Gasteiger charge is -2.46. The van der Waals surface area contributed by atoms with Crippen molar-refractivity contribution < 1.29 is 8.42 Å². The van der Waals surface area contributed by atoms with Crippen molar-refractivity contribution in [1.29, 1.82) is 0 Å². The minimum Gasteiger partial charge on any atom is -0.366 e. The second kappa shape index (κ2) is 6.61. The average molecular weight is 476 g/mol. The molecular formula is C20H28BrClN2O2S. The molecule has 1 unspecified atom stereocenters. The highest BCUT2D eigenvalue weighted by Crippen LogP contribution is 2.51. The first-order chi connectivity index (χ1) is 12.6. The van der Waals surface area contributed by atoms with Gasteiger partial charge in [0.1, 0.15) is 0 Å². The van der Waals surface area contributed by atoms with Crippen LogP contribution in [0.1, 0.15) is 58.4 Å². The van der Waals surface area contributed by atoms with Crippen LogP contribution in [0.3, 0.4) is 0 Å². The highest BCUT2D eigenvalue weighted by atomic mass is 79.9. The van der Waals surface area contributed by atoms with Crippen molar-refractivity contribution in [1.82, 2.24) is 4.31 Å². The molecule has 150 valence electrons. The molecule has 4 nitrogen and oxygen atoms in total. The largest absolute Gasteiger partial charge is 0.366 e. The van der Waals surface area contributed by atoms with Crippen LogP contribution in [-0.4, -0.2) is 42.1 Å². The monoisotopic (exact) mass is 474 g/mol. The van der Waals surface area contributed by atoms with E-state index in [0.29, 0.717) is 6.54 Å². The zero-order chi connectivity index (χ0) is 19.6. The van der Waals surface area contributed by atoms with Gasteiger partial charge in [0, 0.05) is 34.2 Å². The van der Waals surface area contributed by atoms with Crippen molar-refractivity contribution >= 4 is 43.2 Å². The van der Waals surface area contributed by atoms with Crippen LogP contribution in [-0.2, 0) is 16.4 Å². The molecule has 0 radical (unpaired) electrons. The average Bonchev–Trinajstić information content (AvgIpc) is 2.94. The smallest absolute Gasteiger partial charge is 0.219 e. The minimum atomic E-state index is -3.34. The lowest BCUT2D eigenvalue weighted by atomic mass is 9.75. The van der Waals surface area contributed by atoms with Gasteiger partial charge in [0.05, 0.1) is 10.4 Å². The Labute approximate surface area is 176 Å². The molecule has 1 aromatic carbocycles. The summed E-state index contributed by atoms with van der Waals surface area (Å²) in [5, 5.41) is 0.751. The second-order valence-electron chi connectivity index (χ2n) is 9.28. The Hall–Kier alpha value is -0.300. The fourth-order valence-corrected chi connectivity index (χ4v) is 7.87. The Morgan fingerprint density at radius 2 is 1.93 bits per heavy atom.